The van der Waals surface area contributed by atoms with Crippen molar-refractivity contribution in [3.05, 3.63) is 58.3 Å². The first-order valence-electron chi connectivity index (χ1n) is 8.74. The topological polar surface area (TPSA) is 66.5 Å². The molecule has 0 aliphatic carbocycles. The summed E-state index contributed by atoms with van der Waals surface area (Å²) in [6.45, 7) is 1.00. The summed E-state index contributed by atoms with van der Waals surface area (Å²) in [5.74, 6) is -1.29. The molecule has 1 amide bonds. The smallest absolute Gasteiger partial charge is 0.258 e. The zero-order valence-electron chi connectivity index (χ0n) is 14.6. The van der Waals surface area contributed by atoms with Gasteiger partial charge in [0, 0.05) is 23.2 Å². The Morgan fingerprint density at radius 3 is 2.44 bits per heavy atom. The first-order chi connectivity index (χ1) is 12.9. The van der Waals surface area contributed by atoms with Crippen LogP contribution in [0.2, 0.25) is 0 Å². The van der Waals surface area contributed by atoms with E-state index in [9.17, 15) is 17.6 Å². The number of hydrogen-bond acceptors (Lipinski definition) is 3. The maximum atomic E-state index is 13.9. The van der Waals surface area contributed by atoms with Gasteiger partial charge in [0.25, 0.3) is 5.91 Å². The van der Waals surface area contributed by atoms with Gasteiger partial charge in [-0.15, -0.1) is 0 Å². The molecule has 5 nitrogen and oxygen atoms in total. The van der Waals surface area contributed by atoms with Gasteiger partial charge in [0.2, 0.25) is 10.0 Å². The van der Waals surface area contributed by atoms with Gasteiger partial charge in [-0.2, -0.15) is 4.31 Å². The largest absolute Gasteiger partial charge is 0.322 e. The van der Waals surface area contributed by atoms with Crippen LogP contribution in [0.1, 0.15) is 36.0 Å². The third kappa shape index (κ3) is 4.75. The van der Waals surface area contributed by atoms with Gasteiger partial charge < -0.3 is 5.32 Å². The number of rotatable bonds is 4. The predicted molar refractivity (Wildman–Crippen MR) is 106 cm³/mol. The van der Waals surface area contributed by atoms with E-state index in [2.05, 4.69) is 21.2 Å². The van der Waals surface area contributed by atoms with Gasteiger partial charge in [-0.1, -0.05) is 34.8 Å². The van der Waals surface area contributed by atoms with Crippen molar-refractivity contribution in [1.29, 1.82) is 0 Å². The average Bonchev–Trinajstić information content (AvgIpc) is 2.94. The Hall–Kier alpha value is -1.77. The van der Waals surface area contributed by atoms with Crippen molar-refractivity contribution in [2.24, 2.45) is 0 Å². The first kappa shape index (κ1) is 20.0. The van der Waals surface area contributed by atoms with E-state index in [0.717, 1.165) is 25.7 Å². The normalized spacial score (nSPS) is 15.9. The summed E-state index contributed by atoms with van der Waals surface area (Å²) < 4.78 is 41.7. The van der Waals surface area contributed by atoms with E-state index in [4.69, 9.17) is 0 Å². The van der Waals surface area contributed by atoms with Crippen molar-refractivity contribution < 1.29 is 17.6 Å². The highest BCUT2D eigenvalue weighted by molar-refractivity contribution is 9.10. The molecule has 2 aromatic rings. The van der Waals surface area contributed by atoms with Crippen LogP contribution in [0, 0.1) is 5.82 Å². The average molecular weight is 455 g/mol. The lowest BCUT2D eigenvalue weighted by atomic mass is 10.2. The SMILES string of the molecule is O=C(Nc1cccc(S(=O)(=O)N2CCCCCC2)c1)c1cc(Br)ccc1F. The molecule has 3 rings (SSSR count). The maximum absolute atomic E-state index is 13.9. The second kappa shape index (κ2) is 8.50. The van der Waals surface area contributed by atoms with Crippen LogP contribution in [0.5, 0.6) is 0 Å². The minimum Gasteiger partial charge on any atom is -0.322 e. The molecular formula is C19H20BrFN2O3S. The fourth-order valence-electron chi connectivity index (χ4n) is 3.04. The summed E-state index contributed by atoms with van der Waals surface area (Å²) in [5, 5.41) is 2.57. The summed E-state index contributed by atoms with van der Waals surface area (Å²) in [5.41, 5.74) is 0.181. The van der Waals surface area contributed by atoms with Crippen molar-refractivity contribution in [3.63, 3.8) is 0 Å². The molecule has 8 heteroatoms. The van der Waals surface area contributed by atoms with Gasteiger partial charge in [0.1, 0.15) is 5.82 Å². The van der Waals surface area contributed by atoms with Crippen molar-refractivity contribution in [3.8, 4) is 0 Å². The fourth-order valence-corrected chi connectivity index (χ4v) is 4.96. The predicted octanol–water partition coefficient (Wildman–Crippen LogP) is 4.41. The van der Waals surface area contributed by atoms with E-state index in [1.807, 2.05) is 0 Å². The number of amides is 1. The molecule has 2 aromatic carbocycles. The van der Waals surface area contributed by atoms with Crippen LogP contribution >= 0.6 is 15.9 Å². The lowest BCUT2D eigenvalue weighted by Crippen LogP contribution is -2.32. The van der Waals surface area contributed by atoms with E-state index >= 15 is 0 Å². The number of hydrogen-bond donors (Lipinski definition) is 1. The third-order valence-corrected chi connectivity index (χ3v) is 6.86. The molecule has 1 saturated heterocycles. The summed E-state index contributed by atoms with van der Waals surface area (Å²) in [6, 6.07) is 10.1. The van der Waals surface area contributed by atoms with E-state index in [1.54, 1.807) is 12.1 Å². The Kier molecular flexibility index (Phi) is 6.29. The summed E-state index contributed by atoms with van der Waals surface area (Å²) >= 11 is 3.21. The molecule has 0 bridgehead atoms. The number of nitrogens with one attached hydrogen (secondary N) is 1. The second-order valence-electron chi connectivity index (χ2n) is 6.42. The number of carbonyl (C=O) groups is 1. The van der Waals surface area contributed by atoms with Crippen molar-refractivity contribution >= 4 is 37.5 Å². The maximum Gasteiger partial charge on any atom is 0.258 e. The molecule has 144 valence electrons. The van der Waals surface area contributed by atoms with Gasteiger partial charge in [-0.25, -0.2) is 12.8 Å². The van der Waals surface area contributed by atoms with Crippen LogP contribution in [-0.4, -0.2) is 31.7 Å². The van der Waals surface area contributed by atoms with Crippen molar-refractivity contribution in [2.45, 2.75) is 30.6 Å². The van der Waals surface area contributed by atoms with Gasteiger partial charge >= 0.3 is 0 Å². The van der Waals surface area contributed by atoms with Crippen LogP contribution in [0.4, 0.5) is 10.1 Å². The second-order valence-corrected chi connectivity index (χ2v) is 9.28. The van der Waals surface area contributed by atoms with Crippen molar-refractivity contribution in [2.75, 3.05) is 18.4 Å². The van der Waals surface area contributed by atoms with Crippen LogP contribution in [0.3, 0.4) is 0 Å². The summed E-state index contributed by atoms with van der Waals surface area (Å²) in [6.07, 6.45) is 3.75. The molecule has 0 radical (unpaired) electrons. The highest BCUT2D eigenvalue weighted by Crippen LogP contribution is 2.23. The molecule has 1 N–H and O–H groups in total. The zero-order valence-corrected chi connectivity index (χ0v) is 17.0. The number of anilines is 1. The van der Waals surface area contributed by atoms with Crippen molar-refractivity contribution in [1.82, 2.24) is 4.31 Å². The number of sulfonamides is 1. The molecular weight excluding hydrogens is 435 g/mol. The number of carbonyl (C=O) groups excluding carboxylic acids is 1. The Labute approximate surface area is 166 Å². The van der Waals surface area contributed by atoms with E-state index < -0.39 is 21.7 Å². The fraction of sp³-hybridized carbons (Fsp3) is 0.316. The summed E-state index contributed by atoms with van der Waals surface area (Å²) in [4.78, 5) is 12.5. The van der Waals surface area contributed by atoms with E-state index in [1.165, 1.54) is 34.6 Å². The highest BCUT2D eigenvalue weighted by atomic mass is 79.9. The molecule has 1 heterocycles. The Morgan fingerprint density at radius 1 is 1.04 bits per heavy atom. The number of benzene rings is 2. The molecule has 0 saturated carbocycles. The van der Waals surface area contributed by atoms with Crippen LogP contribution < -0.4 is 5.32 Å². The molecule has 0 unspecified atom stereocenters. The first-order valence-corrected chi connectivity index (χ1v) is 11.0. The standard InChI is InChI=1S/C19H20BrFN2O3S/c20-14-8-9-18(21)17(12-14)19(24)22-15-6-5-7-16(13-15)27(25,26)23-10-3-1-2-4-11-23/h5-9,12-13H,1-4,10-11H2,(H,22,24). The Balaban J connectivity index is 1.83. The lowest BCUT2D eigenvalue weighted by Gasteiger charge is -2.20. The molecule has 1 fully saturated rings. The number of nitrogens with zero attached hydrogens (tertiary/aromatic N) is 1. The van der Waals surface area contributed by atoms with Gasteiger partial charge in [0.15, 0.2) is 0 Å². The minimum absolute atomic E-state index is 0.120. The third-order valence-electron chi connectivity index (χ3n) is 4.47. The Bertz CT molecular complexity index is 942. The molecule has 1 aliphatic heterocycles. The molecule has 1 aliphatic rings. The summed E-state index contributed by atoms with van der Waals surface area (Å²) in [7, 11) is -3.62. The molecule has 0 spiro atoms. The van der Waals surface area contributed by atoms with Gasteiger partial charge in [-0.05, 0) is 49.2 Å². The quantitative estimate of drug-likeness (QED) is 0.743. The van der Waals surface area contributed by atoms with Crippen LogP contribution in [0.15, 0.2) is 51.8 Å². The van der Waals surface area contributed by atoms with Crippen LogP contribution in [0.25, 0.3) is 0 Å². The Morgan fingerprint density at radius 2 is 1.74 bits per heavy atom. The van der Waals surface area contributed by atoms with Gasteiger partial charge in [0.05, 0.1) is 10.5 Å². The van der Waals surface area contributed by atoms with Gasteiger partial charge in [-0.3, -0.25) is 4.79 Å². The lowest BCUT2D eigenvalue weighted by molar-refractivity contribution is 0.102. The van der Waals surface area contributed by atoms with E-state index in [0.29, 0.717) is 23.2 Å². The monoisotopic (exact) mass is 454 g/mol. The zero-order chi connectivity index (χ0) is 19.4. The molecule has 0 atom stereocenters. The molecule has 27 heavy (non-hydrogen) atoms. The minimum atomic E-state index is -3.62. The molecule has 0 aromatic heterocycles. The van der Waals surface area contributed by atoms with Crippen LogP contribution in [-0.2, 0) is 10.0 Å². The number of halogens is 2. The van der Waals surface area contributed by atoms with E-state index in [-0.39, 0.29) is 10.5 Å². The highest BCUT2D eigenvalue weighted by Gasteiger charge is 2.25.